The lowest BCUT2D eigenvalue weighted by atomic mass is 9.93. The number of amides is 1. The summed E-state index contributed by atoms with van der Waals surface area (Å²) < 4.78 is 5.55. The van der Waals surface area contributed by atoms with Crippen molar-refractivity contribution < 1.29 is 19.4 Å². The zero-order valence-electron chi connectivity index (χ0n) is 13.0. The molecule has 1 heterocycles. The summed E-state index contributed by atoms with van der Waals surface area (Å²) in [5.74, 6) is 0.145. The van der Waals surface area contributed by atoms with E-state index in [1.165, 1.54) is 0 Å². The van der Waals surface area contributed by atoms with Gasteiger partial charge in [-0.2, -0.15) is 0 Å². The van der Waals surface area contributed by atoms with E-state index in [4.69, 9.17) is 21.4 Å². The number of carboxylic acids is 1. The van der Waals surface area contributed by atoms with Crippen LogP contribution in [-0.2, 0) is 9.59 Å². The number of rotatable bonds is 7. The monoisotopic (exact) mass is 339 g/mol. The summed E-state index contributed by atoms with van der Waals surface area (Å²) in [4.78, 5) is 24.7. The molecule has 1 fully saturated rings. The number of nitrogens with zero attached hydrogens (tertiary/aromatic N) is 1. The molecule has 23 heavy (non-hydrogen) atoms. The van der Waals surface area contributed by atoms with E-state index < -0.39 is 5.97 Å². The second-order valence-corrected chi connectivity index (χ2v) is 6.22. The van der Waals surface area contributed by atoms with Crippen molar-refractivity contribution in [3.8, 4) is 5.75 Å². The van der Waals surface area contributed by atoms with Gasteiger partial charge in [-0.25, -0.2) is 0 Å². The van der Waals surface area contributed by atoms with Crippen molar-refractivity contribution >= 4 is 23.5 Å². The molecular formula is C17H22ClNO4. The molecule has 1 saturated heterocycles. The Kier molecular flexibility index (Phi) is 6.71. The van der Waals surface area contributed by atoms with Crippen LogP contribution in [0.2, 0.25) is 5.02 Å². The fourth-order valence-electron chi connectivity index (χ4n) is 2.82. The Balaban J connectivity index is 1.74. The Hall–Kier alpha value is -1.75. The van der Waals surface area contributed by atoms with Gasteiger partial charge in [0.25, 0.3) is 0 Å². The molecule has 1 N–H and O–H groups in total. The quantitative estimate of drug-likeness (QED) is 0.828. The van der Waals surface area contributed by atoms with Crippen LogP contribution in [0.3, 0.4) is 0 Å². The third-order valence-electron chi connectivity index (χ3n) is 4.05. The van der Waals surface area contributed by atoms with Gasteiger partial charge in [0, 0.05) is 19.5 Å². The molecule has 1 atom stereocenters. The number of halogens is 1. The van der Waals surface area contributed by atoms with Crippen LogP contribution in [0.15, 0.2) is 24.3 Å². The van der Waals surface area contributed by atoms with Crippen LogP contribution in [-0.4, -0.2) is 41.6 Å². The van der Waals surface area contributed by atoms with Gasteiger partial charge in [-0.15, -0.1) is 0 Å². The maximum atomic E-state index is 12.3. The van der Waals surface area contributed by atoms with E-state index in [9.17, 15) is 9.59 Å². The van der Waals surface area contributed by atoms with Gasteiger partial charge in [-0.3, -0.25) is 9.59 Å². The number of hydrogen-bond donors (Lipinski definition) is 1. The minimum absolute atomic E-state index is 0.0529. The number of likely N-dealkylation sites (tertiary alicyclic amines) is 1. The van der Waals surface area contributed by atoms with E-state index in [0.717, 1.165) is 19.4 Å². The molecule has 0 unspecified atom stereocenters. The van der Waals surface area contributed by atoms with E-state index in [0.29, 0.717) is 36.8 Å². The van der Waals surface area contributed by atoms with Gasteiger partial charge >= 0.3 is 5.97 Å². The molecule has 126 valence electrons. The number of piperidine rings is 1. The molecule has 5 nitrogen and oxygen atoms in total. The fourth-order valence-corrected chi connectivity index (χ4v) is 3.01. The van der Waals surface area contributed by atoms with Gasteiger partial charge in [0.15, 0.2) is 0 Å². The van der Waals surface area contributed by atoms with Gasteiger partial charge in [0.05, 0.1) is 18.1 Å². The molecule has 0 aromatic heterocycles. The van der Waals surface area contributed by atoms with Crippen LogP contribution < -0.4 is 4.74 Å². The third-order valence-corrected chi connectivity index (χ3v) is 4.36. The normalized spacial score (nSPS) is 17.8. The van der Waals surface area contributed by atoms with E-state index in [-0.39, 0.29) is 18.2 Å². The lowest BCUT2D eigenvalue weighted by molar-refractivity contribution is -0.137. The maximum Gasteiger partial charge on any atom is 0.303 e. The molecule has 1 aliphatic heterocycles. The Morgan fingerprint density at radius 3 is 2.83 bits per heavy atom. The Bertz CT molecular complexity index is 549. The van der Waals surface area contributed by atoms with Gasteiger partial charge in [-0.1, -0.05) is 23.7 Å². The number of carbonyl (C=O) groups excluding carboxylic acids is 1. The zero-order chi connectivity index (χ0) is 16.7. The first-order valence-corrected chi connectivity index (χ1v) is 8.31. The minimum Gasteiger partial charge on any atom is -0.491 e. The number of benzene rings is 1. The second kappa shape index (κ2) is 8.77. The highest BCUT2D eigenvalue weighted by molar-refractivity contribution is 6.32. The average Bonchev–Trinajstić information content (AvgIpc) is 2.55. The predicted octanol–water partition coefficient (Wildman–Crippen LogP) is 3.21. The zero-order valence-corrected chi connectivity index (χ0v) is 13.8. The molecule has 1 aromatic rings. The average molecular weight is 340 g/mol. The topological polar surface area (TPSA) is 66.8 Å². The van der Waals surface area contributed by atoms with Crippen LogP contribution in [0.1, 0.15) is 32.1 Å². The summed E-state index contributed by atoms with van der Waals surface area (Å²) in [6.45, 7) is 1.69. The molecule has 1 amide bonds. The number of carboxylic acid groups (broad SMARTS) is 1. The first-order chi connectivity index (χ1) is 11.1. The van der Waals surface area contributed by atoms with Crippen molar-refractivity contribution in [1.29, 1.82) is 0 Å². The van der Waals surface area contributed by atoms with Crippen molar-refractivity contribution in [2.24, 2.45) is 5.92 Å². The van der Waals surface area contributed by atoms with Crippen LogP contribution in [0, 0.1) is 5.92 Å². The molecule has 1 aliphatic rings. The Morgan fingerprint density at radius 1 is 1.30 bits per heavy atom. The van der Waals surface area contributed by atoms with Crippen LogP contribution >= 0.6 is 11.6 Å². The molecule has 0 saturated carbocycles. The summed E-state index contributed by atoms with van der Waals surface area (Å²) in [5, 5.41) is 9.29. The Morgan fingerprint density at radius 2 is 2.09 bits per heavy atom. The molecule has 1 aromatic carbocycles. The lowest BCUT2D eigenvalue weighted by Gasteiger charge is -2.32. The number of carbonyl (C=O) groups is 2. The summed E-state index contributed by atoms with van der Waals surface area (Å²) >= 11 is 6.00. The highest BCUT2D eigenvalue weighted by atomic mass is 35.5. The highest BCUT2D eigenvalue weighted by Crippen LogP contribution is 2.24. The van der Waals surface area contributed by atoms with Crippen molar-refractivity contribution in [2.75, 3.05) is 19.7 Å². The van der Waals surface area contributed by atoms with Crippen molar-refractivity contribution in [3.05, 3.63) is 29.3 Å². The van der Waals surface area contributed by atoms with E-state index in [2.05, 4.69) is 0 Å². The summed E-state index contributed by atoms with van der Waals surface area (Å²) in [5.41, 5.74) is 0. The molecule has 2 rings (SSSR count). The number of para-hydroxylation sites is 1. The first-order valence-electron chi connectivity index (χ1n) is 7.93. The third kappa shape index (κ3) is 5.75. The number of hydrogen-bond acceptors (Lipinski definition) is 3. The molecule has 6 heteroatoms. The van der Waals surface area contributed by atoms with Crippen LogP contribution in [0.4, 0.5) is 0 Å². The highest BCUT2D eigenvalue weighted by Gasteiger charge is 2.23. The standard InChI is InChI=1S/C17H22ClNO4/c18-14-5-1-2-6-15(14)23-11-9-16(20)19-10-3-4-13(12-19)7-8-17(21)22/h1-2,5-6,13H,3-4,7-12H2,(H,21,22)/t13-/m1/s1. The summed E-state index contributed by atoms with van der Waals surface area (Å²) in [6.07, 6.45) is 3.03. The summed E-state index contributed by atoms with van der Waals surface area (Å²) in [6, 6.07) is 7.18. The van der Waals surface area contributed by atoms with Gasteiger partial charge in [0.2, 0.25) is 5.91 Å². The van der Waals surface area contributed by atoms with E-state index in [1.807, 2.05) is 17.0 Å². The molecule has 0 spiro atoms. The first kappa shape index (κ1) is 17.6. The smallest absolute Gasteiger partial charge is 0.303 e. The van der Waals surface area contributed by atoms with Crippen molar-refractivity contribution in [3.63, 3.8) is 0 Å². The van der Waals surface area contributed by atoms with E-state index in [1.54, 1.807) is 12.1 Å². The number of aliphatic carboxylic acids is 1. The molecule has 0 radical (unpaired) electrons. The van der Waals surface area contributed by atoms with Gasteiger partial charge in [-0.05, 0) is 37.3 Å². The van der Waals surface area contributed by atoms with E-state index >= 15 is 0 Å². The fraction of sp³-hybridized carbons (Fsp3) is 0.529. The van der Waals surface area contributed by atoms with Crippen molar-refractivity contribution in [2.45, 2.75) is 32.1 Å². The van der Waals surface area contributed by atoms with Crippen LogP contribution in [0.25, 0.3) is 0 Å². The van der Waals surface area contributed by atoms with Crippen molar-refractivity contribution in [1.82, 2.24) is 4.90 Å². The summed E-state index contributed by atoms with van der Waals surface area (Å²) in [7, 11) is 0. The largest absolute Gasteiger partial charge is 0.491 e. The molecule has 0 aliphatic carbocycles. The van der Waals surface area contributed by atoms with Gasteiger partial charge < -0.3 is 14.7 Å². The number of ether oxygens (including phenoxy) is 1. The second-order valence-electron chi connectivity index (χ2n) is 5.81. The lowest BCUT2D eigenvalue weighted by Crippen LogP contribution is -2.40. The van der Waals surface area contributed by atoms with Gasteiger partial charge in [0.1, 0.15) is 5.75 Å². The minimum atomic E-state index is -0.776. The Labute approximate surface area is 141 Å². The molecular weight excluding hydrogens is 318 g/mol. The predicted molar refractivity (Wildman–Crippen MR) is 87.7 cm³/mol. The maximum absolute atomic E-state index is 12.3. The molecule has 0 bridgehead atoms. The van der Waals surface area contributed by atoms with Crippen LogP contribution in [0.5, 0.6) is 5.75 Å². The SMILES string of the molecule is O=C(O)CC[C@H]1CCCN(C(=O)CCOc2ccccc2Cl)C1.